The van der Waals surface area contributed by atoms with E-state index >= 15 is 0 Å². The van der Waals surface area contributed by atoms with Gasteiger partial charge in [0.1, 0.15) is 11.3 Å². The number of pyridine rings is 1. The highest BCUT2D eigenvalue weighted by molar-refractivity contribution is 7.89. The average molecular weight is 464 g/mol. The van der Waals surface area contributed by atoms with Crippen molar-refractivity contribution >= 4 is 32.5 Å². The van der Waals surface area contributed by atoms with Gasteiger partial charge in [0.15, 0.2) is 9.84 Å². The largest absolute Gasteiger partial charge is 0.374 e. The zero-order valence-electron chi connectivity index (χ0n) is 18.1. The third kappa shape index (κ3) is 3.98. The molecule has 33 heavy (non-hydrogen) atoms. The Kier molecular flexibility index (Phi) is 4.97. The maximum atomic E-state index is 13.3. The van der Waals surface area contributed by atoms with Crippen molar-refractivity contribution in [3.8, 4) is 11.1 Å². The van der Waals surface area contributed by atoms with Crippen molar-refractivity contribution in [2.45, 2.75) is 11.8 Å². The number of benzene rings is 2. The molecule has 1 aliphatic heterocycles. The zero-order chi connectivity index (χ0) is 23.3. The average Bonchev–Trinajstić information content (AvgIpc) is 3.15. The van der Waals surface area contributed by atoms with Gasteiger partial charge in [0.2, 0.25) is 0 Å². The molecule has 0 saturated heterocycles. The lowest BCUT2D eigenvalue weighted by molar-refractivity contribution is 0.601. The van der Waals surface area contributed by atoms with Gasteiger partial charge in [0, 0.05) is 53.5 Å². The van der Waals surface area contributed by atoms with Crippen molar-refractivity contribution in [1.82, 2.24) is 9.55 Å². The Morgan fingerprint density at radius 1 is 1.12 bits per heavy atom. The van der Waals surface area contributed by atoms with E-state index in [4.69, 9.17) is 0 Å². The van der Waals surface area contributed by atoms with Crippen molar-refractivity contribution in [2.24, 2.45) is 7.05 Å². The summed E-state index contributed by atoms with van der Waals surface area (Å²) in [7, 11) is -1.50. The standard InChI is InChI=1S/C25H22FN3O3S/c1-29-13-20-18-11-16(14-33(2,31)32)6-10-21(18)28-22(9-5-15-3-7-17(26)8-4-15)19-12-27-24(23(19)20)25(29)30/h3-13,22,27-28H,14H2,1-2H3. The molecule has 1 atom stereocenters. The molecule has 168 valence electrons. The number of aromatic amines is 1. The van der Waals surface area contributed by atoms with Crippen molar-refractivity contribution in [3.05, 3.63) is 93.8 Å². The van der Waals surface area contributed by atoms with Gasteiger partial charge in [-0.2, -0.15) is 0 Å². The Morgan fingerprint density at radius 3 is 2.61 bits per heavy atom. The van der Waals surface area contributed by atoms with Crippen LogP contribution in [0.4, 0.5) is 10.1 Å². The first-order valence-electron chi connectivity index (χ1n) is 10.4. The highest BCUT2D eigenvalue weighted by Gasteiger charge is 2.25. The van der Waals surface area contributed by atoms with Crippen LogP contribution in [0.5, 0.6) is 0 Å². The van der Waals surface area contributed by atoms with E-state index < -0.39 is 9.84 Å². The first-order chi connectivity index (χ1) is 15.7. The van der Waals surface area contributed by atoms with Crippen LogP contribution in [0.25, 0.3) is 28.1 Å². The summed E-state index contributed by atoms with van der Waals surface area (Å²) >= 11 is 0. The van der Waals surface area contributed by atoms with E-state index in [1.807, 2.05) is 30.5 Å². The normalized spacial score (nSPS) is 15.4. The van der Waals surface area contributed by atoms with Crippen LogP contribution in [0, 0.1) is 5.82 Å². The highest BCUT2D eigenvalue weighted by atomic mass is 32.2. The predicted molar refractivity (Wildman–Crippen MR) is 129 cm³/mol. The minimum absolute atomic E-state index is 0.0664. The molecule has 1 unspecified atom stereocenters. The van der Waals surface area contributed by atoms with E-state index in [1.165, 1.54) is 23.0 Å². The molecule has 5 rings (SSSR count). The van der Waals surface area contributed by atoms with E-state index in [0.717, 1.165) is 33.3 Å². The Balaban J connectivity index is 1.70. The second-order valence-electron chi connectivity index (χ2n) is 8.44. The van der Waals surface area contributed by atoms with Crippen LogP contribution in [0.2, 0.25) is 0 Å². The first-order valence-corrected chi connectivity index (χ1v) is 12.5. The molecule has 8 heteroatoms. The second-order valence-corrected chi connectivity index (χ2v) is 10.6. The molecular weight excluding hydrogens is 441 g/mol. The van der Waals surface area contributed by atoms with Gasteiger partial charge in [-0.3, -0.25) is 4.79 Å². The summed E-state index contributed by atoms with van der Waals surface area (Å²) in [6, 6.07) is 11.5. The number of fused-ring (bicyclic) bond motifs is 2. The zero-order valence-corrected chi connectivity index (χ0v) is 18.9. The molecule has 2 N–H and O–H groups in total. The molecule has 6 nitrogen and oxygen atoms in total. The van der Waals surface area contributed by atoms with E-state index in [-0.39, 0.29) is 23.2 Å². The van der Waals surface area contributed by atoms with Gasteiger partial charge in [-0.05, 0) is 35.4 Å². The van der Waals surface area contributed by atoms with E-state index in [2.05, 4.69) is 10.3 Å². The molecule has 1 aliphatic rings. The fourth-order valence-corrected chi connectivity index (χ4v) is 5.14. The number of hydrogen-bond acceptors (Lipinski definition) is 4. The molecule has 3 heterocycles. The Labute approximate surface area is 190 Å². The Morgan fingerprint density at radius 2 is 1.88 bits per heavy atom. The minimum Gasteiger partial charge on any atom is -0.374 e. The number of H-pyrrole nitrogens is 1. The molecule has 0 amide bonds. The number of sulfone groups is 1. The van der Waals surface area contributed by atoms with Crippen LogP contribution in [-0.4, -0.2) is 24.2 Å². The molecule has 0 radical (unpaired) electrons. The van der Waals surface area contributed by atoms with Crippen molar-refractivity contribution < 1.29 is 12.8 Å². The summed E-state index contributed by atoms with van der Waals surface area (Å²) in [4.78, 5) is 15.9. The lowest BCUT2D eigenvalue weighted by Gasteiger charge is -2.16. The van der Waals surface area contributed by atoms with Crippen LogP contribution in [0.3, 0.4) is 0 Å². The van der Waals surface area contributed by atoms with Crippen LogP contribution in [0.15, 0.2) is 65.7 Å². The number of hydrogen-bond donors (Lipinski definition) is 2. The van der Waals surface area contributed by atoms with E-state index in [9.17, 15) is 17.6 Å². The van der Waals surface area contributed by atoms with Gasteiger partial charge >= 0.3 is 0 Å². The minimum atomic E-state index is -3.20. The van der Waals surface area contributed by atoms with Crippen LogP contribution in [0.1, 0.15) is 22.7 Å². The number of nitrogens with zero attached hydrogens (tertiary/aromatic N) is 1. The molecule has 0 saturated carbocycles. The van der Waals surface area contributed by atoms with Gasteiger partial charge in [-0.1, -0.05) is 30.4 Å². The summed E-state index contributed by atoms with van der Waals surface area (Å²) in [5.74, 6) is -0.362. The van der Waals surface area contributed by atoms with Gasteiger partial charge in [-0.25, -0.2) is 12.8 Å². The third-order valence-electron chi connectivity index (χ3n) is 5.84. The summed E-state index contributed by atoms with van der Waals surface area (Å²) in [5.41, 5.74) is 5.29. The predicted octanol–water partition coefficient (Wildman–Crippen LogP) is 4.40. The van der Waals surface area contributed by atoms with E-state index in [1.54, 1.807) is 31.4 Å². The second kappa shape index (κ2) is 7.74. The summed E-state index contributed by atoms with van der Waals surface area (Å²) in [5, 5.41) is 4.32. The van der Waals surface area contributed by atoms with Gasteiger partial charge in [0.05, 0.1) is 11.8 Å². The topological polar surface area (TPSA) is 84.0 Å². The van der Waals surface area contributed by atoms with Crippen molar-refractivity contribution in [1.29, 1.82) is 0 Å². The SMILES string of the molecule is Cn1cc2c3c(c[nH]c3c1=O)C(C=Cc1ccc(F)cc1)Nc1ccc(CS(C)(=O)=O)cc1-2. The highest BCUT2D eigenvalue weighted by Crippen LogP contribution is 2.42. The lowest BCUT2D eigenvalue weighted by Crippen LogP contribution is -2.16. The quantitative estimate of drug-likeness (QED) is 0.470. The smallest absolute Gasteiger partial charge is 0.274 e. The number of aromatic nitrogens is 2. The van der Waals surface area contributed by atoms with Gasteiger partial charge in [0.25, 0.3) is 5.56 Å². The first kappa shape index (κ1) is 21.2. The Bertz CT molecular complexity index is 1580. The van der Waals surface area contributed by atoms with Crippen LogP contribution in [-0.2, 0) is 22.6 Å². The summed E-state index contributed by atoms with van der Waals surface area (Å²) in [6.45, 7) is 0. The van der Waals surface area contributed by atoms with Crippen molar-refractivity contribution in [2.75, 3.05) is 11.6 Å². The van der Waals surface area contributed by atoms with Gasteiger partial charge in [-0.15, -0.1) is 0 Å². The molecule has 4 aromatic rings. The maximum absolute atomic E-state index is 13.3. The molecule has 2 aromatic carbocycles. The van der Waals surface area contributed by atoms with Gasteiger partial charge < -0.3 is 14.9 Å². The molecule has 0 aliphatic carbocycles. The number of nitrogens with one attached hydrogen (secondary N) is 2. The molecular formula is C25H22FN3O3S. The number of rotatable bonds is 4. The molecule has 2 aromatic heterocycles. The monoisotopic (exact) mass is 463 g/mol. The molecule has 0 spiro atoms. The Hall–Kier alpha value is -3.65. The lowest BCUT2D eigenvalue weighted by atomic mass is 9.98. The maximum Gasteiger partial charge on any atom is 0.274 e. The van der Waals surface area contributed by atoms with Crippen molar-refractivity contribution in [3.63, 3.8) is 0 Å². The molecule has 0 fully saturated rings. The molecule has 0 bridgehead atoms. The van der Waals surface area contributed by atoms with Crippen LogP contribution >= 0.6 is 0 Å². The third-order valence-corrected chi connectivity index (χ3v) is 6.69. The number of anilines is 1. The van der Waals surface area contributed by atoms with Crippen LogP contribution < -0.4 is 10.9 Å². The fraction of sp³-hybridized carbons (Fsp3) is 0.160. The summed E-state index contributed by atoms with van der Waals surface area (Å²) in [6.07, 6.45) is 8.70. The number of halogens is 1. The summed E-state index contributed by atoms with van der Waals surface area (Å²) < 4.78 is 38.6. The number of aryl methyl sites for hydroxylation is 1. The fourth-order valence-electron chi connectivity index (χ4n) is 4.35. The van der Waals surface area contributed by atoms with E-state index in [0.29, 0.717) is 11.1 Å².